The number of nitrogens with zero attached hydrogens (tertiary/aromatic N) is 2. The van der Waals surface area contributed by atoms with Crippen molar-refractivity contribution in [3.63, 3.8) is 0 Å². The van der Waals surface area contributed by atoms with E-state index in [2.05, 4.69) is 26.1 Å². The number of benzene rings is 1. The van der Waals surface area contributed by atoms with Gasteiger partial charge in [0.15, 0.2) is 0 Å². The quantitative estimate of drug-likeness (QED) is 0.941. The number of aromatic nitrogens is 2. The van der Waals surface area contributed by atoms with Gasteiger partial charge in [-0.15, -0.1) is 0 Å². The predicted molar refractivity (Wildman–Crippen MR) is 66.6 cm³/mol. The van der Waals surface area contributed by atoms with Gasteiger partial charge in [0, 0.05) is 5.56 Å². The summed E-state index contributed by atoms with van der Waals surface area (Å²) in [6, 6.07) is 3.82. The topological polar surface area (TPSA) is 74.2 Å². The minimum atomic E-state index is 0.230. The zero-order valence-corrected chi connectivity index (χ0v) is 11.1. The summed E-state index contributed by atoms with van der Waals surface area (Å²) in [6.07, 6.45) is 0. The molecule has 0 aliphatic rings. The molecule has 0 saturated carbocycles. The van der Waals surface area contributed by atoms with E-state index in [0.717, 1.165) is 21.3 Å². The van der Waals surface area contributed by atoms with Crippen LogP contribution in [0.4, 0.5) is 0 Å². The zero-order valence-electron chi connectivity index (χ0n) is 9.53. The molecule has 1 aromatic carbocycles. The molecule has 0 bridgehead atoms. The van der Waals surface area contributed by atoms with Gasteiger partial charge in [0.25, 0.3) is 0 Å². The van der Waals surface area contributed by atoms with Crippen molar-refractivity contribution in [2.45, 2.75) is 13.5 Å². The lowest BCUT2D eigenvalue weighted by Crippen LogP contribution is -1.96. The van der Waals surface area contributed by atoms with Crippen molar-refractivity contribution in [3.05, 3.63) is 28.1 Å². The molecule has 90 valence electrons. The van der Waals surface area contributed by atoms with Crippen LogP contribution in [0.5, 0.6) is 5.75 Å². The highest BCUT2D eigenvalue weighted by Crippen LogP contribution is 2.36. The highest BCUT2D eigenvalue weighted by molar-refractivity contribution is 9.10. The van der Waals surface area contributed by atoms with Crippen LogP contribution in [0.15, 0.2) is 21.1 Å². The van der Waals surface area contributed by atoms with Crippen LogP contribution in [0.1, 0.15) is 11.5 Å². The third kappa shape index (κ3) is 2.18. The van der Waals surface area contributed by atoms with Gasteiger partial charge in [-0.1, -0.05) is 11.2 Å². The Kier molecular flexibility index (Phi) is 3.44. The highest BCUT2D eigenvalue weighted by Gasteiger charge is 2.16. The van der Waals surface area contributed by atoms with Crippen molar-refractivity contribution < 1.29 is 9.26 Å². The first-order valence-electron chi connectivity index (χ1n) is 5.03. The summed E-state index contributed by atoms with van der Waals surface area (Å²) in [4.78, 5) is 4.21. The lowest BCUT2D eigenvalue weighted by Gasteiger charge is -2.08. The molecule has 0 aliphatic carbocycles. The molecule has 2 rings (SSSR count). The Morgan fingerprint density at radius 3 is 2.82 bits per heavy atom. The Labute approximate surface area is 107 Å². The maximum atomic E-state index is 5.44. The fraction of sp³-hybridized carbons (Fsp3) is 0.273. The largest absolute Gasteiger partial charge is 0.496 e. The van der Waals surface area contributed by atoms with Gasteiger partial charge in [0.2, 0.25) is 11.7 Å². The van der Waals surface area contributed by atoms with Crippen LogP contribution in [0, 0.1) is 6.92 Å². The summed E-state index contributed by atoms with van der Waals surface area (Å²) < 4.78 is 11.1. The second kappa shape index (κ2) is 4.85. The Morgan fingerprint density at radius 2 is 2.24 bits per heavy atom. The molecule has 1 aromatic heterocycles. The molecule has 1 heterocycles. The average molecular weight is 298 g/mol. The van der Waals surface area contributed by atoms with Gasteiger partial charge < -0.3 is 15.0 Å². The maximum absolute atomic E-state index is 5.44. The second-order valence-corrected chi connectivity index (χ2v) is 4.28. The zero-order chi connectivity index (χ0) is 12.4. The first-order chi connectivity index (χ1) is 8.17. The fourth-order valence-electron chi connectivity index (χ4n) is 1.52. The number of halogens is 1. The first kappa shape index (κ1) is 12.1. The summed E-state index contributed by atoms with van der Waals surface area (Å²) >= 11 is 3.48. The van der Waals surface area contributed by atoms with Crippen LogP contribution in [0.25, 0.3) is 11.4 Å². The third-order valence-corrected chi connectivity index (χ3v) is 3.19. The SMILES string of the molecule is COc1ccc(C)c(-c2noc(CN)n2)c1Br. The van der Waals surface area contributed by atoms with Crippen LogP contribution in [0.2, 0.25) is 0 Å². The van der Waals surface area contributed by atoms with Crippen molar-refractivity contribution in [2.75, 3.05) is 7.11 Å². The molecular formula is C11H12BrN3O2. The van der Waals surface area contributed by atoms with Crippen LogP contribution in [-0.4, -0.2) is 17.3 Å². The van der Waals surface area contributed by atoms with E-state index in [4.69, 9.17) is 15.0 Å². The standard InChI is InChI=1S/C11H12BrN3O2/c1-6-3-4-7(16-2)10(12)9(6)11-14-8(5-13)17-15-11/h3-4H,5,13H2,1-2H3. The molecule has 0 saturated heterocycles. The second-order valence-electron chi connectivity index (χ2n) is 3.49. The van der Waals surface area contributed by atoms with Crippen molar-refractivity contribution in [1.29, 1.82) is 0 Å². The normalized spacial score (nSPS) is 10.6. The van der Waals surface area contributed by atoms with Gasteiger partial charge in [0.1, 0.15) is 5.75 Å². The molecule has 0 unspecified atom stereocenters. The number of ether oxygens (including phenoxy) is 1. The molecule has 2 aromatic rings. The van der Waals surface area contributed by atoms with Gasteiger partial charge in [-0.25, -0.2) is 0 Å². The Bertz CT molecular complexity index is 540. The van der Waals surface area contributed by atoms with Crippen LogP contribution in [-0.2, 0) is 6.54 Å². The summed E-state index contributed by atoms with van der Waals surface area (Å²) in [5.41, 5.74) is 7.32. The molecule has 2 N–H and O–H groups in total. The third-order valence-electron chi connectivity index (χ3n) is 2.40. The van der Waals surface area contributed by atoms with Crippen molar-refractivity contribution in [1.82, 2.24) is 10.1 Å². The number of hydrogen-bond acceptors (Lipinski definition) is 5. The summed E-state index contributed by atoms with van der Waals surface area (Å²) in [5, 5.41) is 3.90. The molecule has 5 nitrogen and oxygen atoms in total. The fourth-order valence-corrected chi connectivity index (χ4v) is 2.31. The highest BCUT2D eigenvalue weighted by atomic mass is 79.9. The van der Waals surface area contributed by atoms with E-state index in [-0.39, 0.29) is 6.54 Å². The monoisotopic (exact) mass is 297 g/mol. The van der Waals surface area contributed by atoms with E-state index in [0.29, 0.717) is 11.7 Å². The number of hydrogen-bond donors (Lipinski definition) is 1. The smallest absolute Gasteiger partial charge is 0.240 e. The van der Waals surface area contributed by atoms with Gasteiger partial charge in [0.05, 0.1) is 18.1 Å². The van der Waals surface area contributed by atoms with Gasteiger partial charge >= 0.3 is 0 Å². The van der Waals surface area contributed by atoms with E-state index in [1.54, 1.807) is 7.11 Å². The van der Waals surface area contributed by atoms with Crippen molar-refractivity contribution in [3.8, 4) is 17.1 Å². The number of methoxy groups -OCH3 is 1. The Morgan fingerprint density at radius 1 is 1.47 bits per heavy atom. The molecule has 0 amide bonds. The van der Waals surface area contributed by atoms with E-state index < -0.39 is 0 Å². The van der Waals surface area contributed by atoms with Crippen molar-refractivity contribution in [2.24, 2.45) is 5.73 Å². The van der Waals surface area contributed by atoms with Crippen LogP contribution < -0.4 is 10.5 Å². The summed E-state index contributed by atoms with van der Waals surface area (Å²) in [7, 11) is 1.61. The van der Waals surface area contributed by atoms with Gasteiger partial charge in [-0.3, -0.25) is 0 Å². The van der Waals surface area contributed by atoms with Crippen LogP contribution >= 0.6 is 15.9 Å². The molecule has 6 heteroatoms. The molecule has 0 atom stereocenters. The van der Waals surface area contributed by atoms with Gasteiger partial charge in [-0.05, 0) is 34.5 Å². The molecule has 0 radical (unpaired) electrons. The van der Waals surface area contributed by atoms with Gasteiger partial charge in [-0.2, -0.15) is 4.98 Å². The minimum Gasteiger partial charge on any atom is -0.496 e. The molecule has 0 aliphatic heterocycles. The van der Waals surface area contributed by atoms with E-state index in [1.165, 1.54) is 0 Å². The summed E-state index contributed by atoms with van der Waals surface area (Å²) in [5.74, 6) is 1.65. The number of rotatable bonds is 3. The summed E-state index contributed by atoms with van der Waals surface area (Å²) in [6.45, 7) is 2.20. The number of nitrogens with two attached hydrogens (primary N) is 1. The average Bonchev–Trinajstić information content (AvgIpc) is 2.78. The van der Waals surface area contributed by atoms with E-state index >= 15 is 0 Å². The van der Waals surface area contributed by atoms with E-state index in [1.807, 2.05) is 19.1 Å². The lowest BCUT2D eigenvalue weighted by molar-refractivity contribution is 0.380. The molecule has 17 heavy (non-hydrogen) atoms. The van der Waals surface area contributed by atoms with E-state index in [9.17, 15) is 0 Å². The Hall–Kier alpha value is -1.40. The minimum absolute atomic E-state index is 0.230. The van der Waals surface area contributed by atoms with Crippen LogP contribution in [0.3, 0.4) is 0 Å². The molecule has 0 fully saturated rings. The first-order valence-corrected chi connectivity index (χ1v) is 5.82. The van der Waals surface area contributed by atoms with Crippen molar-refractivity contribution >= 4 is 15.9 Å². The predicted octanol–water partition coefficient (Wildman–Crippen LogP) is 2.27. The lowest BCUT2D eigenvalue weighted by atomic mass is 10.1. The Balaban J connectivity index is 2.57. The number of aryl methyl sites for hydroxylation is 1. The molecule has 0 spiro atoms. The maximum Gasteiger partial charge on any atom is 0.240 e. The molecular weight excluding hydrogens is 286 g/mol.